The van der Waals surface area contributed by atoms with Gasteiger partial charge in [-0.25, -0.2) is 4.79 Å². The Labute approximate surface area is 124 Å². The van der Waals surface area contributed by atoms with Crippen LogP contribution in [0.1, 0.15) is 51.6 Å². The molecule has 3 heteroatoms. The van der Waals surface area contributed by atoms with Crippen LogP contribution >= 0.6 is 0 Å². The zero-order valence-corrected chi connectivity index (χ0v) is 12.0. The number of hydrogen-bond acceptors (Lipinski definition) is 2. The molecule has 0 bridgehead atoms. The first kappa shape index (κ1) is 15.0. The van der Waals surface area contributed by atoms with Gasteiger partial charge in [0.1, 0.15) is 0 Å². The lowest BCUT2D eigenvalue weighted by Gasteiger charge is -2.04. The fourth-order valence-electron chi connectivity index (χ4n) is 2.13. The molecule has 3 nitrogen and oxygen atoms in total. The highest BCUT2D eigenvalue weighted by Crippen LogP contribution is 2.13. The van der Waals surface area contributed by atoms with Crippen LogP contribution in [0.4, 0.5) is 0 Å². The van der Waals surface area contributed by atoms with Gasteiger partial charge < -0.3 is 5.11 Å². The predicted molar refractivity (Wildman–Crippen MR) is 81.9 cm³/mol. The maximum Gasteiger partial charge on any atom is 0.335 e. The first-order valence-corrected chi connectivity index (χ1v) is 7.09. The fourth-order valence-corrected chi connectivity index (χ4v) is 2.13. The molecule has 0 spiro atoms. The van der Waals surface area contributed by atoms with Crippen LogP contribution < -0.4 is 0 Å². The van der Waals surface area contributed by atoms with Crippen molar-refractivity contribution in [3.8, 4) is 0 Å². The minimum Gasteiger partial charge on any atom is -0.478 e. The summed E-state index contributed by atoms with van der Waals surface area (Å²) in [5.74, 6) is -1.08. The fraction of sp³-hybridized carbons (Fsp3) is 0.222. The number of benzene rings is 2. The quantitative estimate of drug-likeness (QED) is 0.816. The number of carboxylic acids is 1. The molecule has 0 aliphatic carbocycles. The smallest absolute Gasteiger partial charge is 0.335 e. The molecule has 2 aromatic carbocycles. The van der Waals surface area contributed by atoms with E-state index in [0.29, 0.717) is 11.1 Å². The topological polar surface area (TPSA) is 54.4 Å². The van der Waals surface area contributed by atoms with E-state index in [9.17, 15) is 9.59 Å². The Morgan fingerprint density at radius 3 is 1.81 bits per heavy atom. The van der Waals surface area contributed by atoms with Gasteiger partial charge in [0, 0.05) is 11.1 Å². The van der Waals surface area contributed by atoms with E-state index in [1.807, 2.05) is 24.3 Å². The normalized spacial score (nSPS) is 10.3. The summed E-state index contributed by atoms with van der Waals surface area (Å²) in [6.45, 7) is 2.15. The van der Waals surface area contributed by atoms with Gasteiger partial charge in [0.25, 0.3) is 0 Å². The third-order valence-electron chi connectivity index (χ3n) is 3.43. The number of rotatable bonds is 6. The van der Waals surface area contributed by atoms with Crippen LogP contribution in [-0.2, 0) is 6.42 Å². The van der Waals surface area contributed by atoms with E-state index in [0.717, 1.165) is 19.3 Å². The largest absolute Gasteiger partial charge is 0.478 e. The highest BCUT2D eigenvalue weighted by atomic mass is 16.4. The molecule has 108 valence electrons. The molecular weight excluding hydrogens is 264 g/mol. The molecule has 1 N–H and O–H groups in total. The second kappa shape index (κ2) is 6.84. The zero-order valence-electron chi connectivity index (χ0n) is 12.0. The second-order valence-corrected chi connectivity index (χ2v) is 5.01. The molecule has 0 aromatic heterocycles. The van der Waals surface area contributed by atoms with Gasteiger partial charge in [-0.1, -0.05) is 49.7 Å². The van der Waals surface area contributed by atoms with Gasteiger partial charge in [0.15, 0.2) is 5.78 Å². The third-order valence-corrected chi connectivity index (χ3v) is 3.43. The second-order valence-electron chi connectivity index (χ2n) is 5.01. The summed E-state index contributed by atoms with van der Waals surface area (Å²) in [5.41, 5.74) is 2.54. The van der Waals surface area contributed by atoms with Crippen molar-refractivity contribution < 1.29 is 14.7 Å². The predicted octanol–water partition coefficient (Wildman–Crippen LogP) is 3.96. The molecule has 2 rings (SSSR count). The van der Waals surface area contributed by atoms with E-state index in [1.165, 1.54) is 17.7 Å². The lowest BCUT2D eigenvalue weighted by atomic mass is 9.99. The standard InChI is InChI=1S/C18H18O3/c1-2-3-4-13-5-7-14(8-6-13)17(19)15-9-11-16(12-10-15)18(20)21/h5-12H,2-4H2,1H3,(H,20,21). The number of aromatic carboxylic acids is 1. The van der Waals surface area contributed by atoms with Crippen LogP contribution in [0.15, 0.2) is 48.5 Å². The maximum atomic E-state index is 12.3. The van der Waals surface area contributed by atoms with Gasteiger partial charge >= 0.3 is 5.97 Å². The first-order valence-electron chi connectivity index (χ1n) is 7.09. The summed E-state index contributed by atoms with van der Waals surface area (Å²) in [4.78, 5) is 23.1. The van der Waals surface area contributed by atoms with Gasteiger partial charge in [-0.3, -0.25) is 4.79 Å². The van der Waals surface area contributed by atoms with Crippen molar-refractivity contribution in [1.82, 2.24) is 0 Å². The van der Waals surface area contributed by atoms with Gasteiger partial charge in [-0.2, -0.15) is 0 Å². The van der Waals surface area contributed by atoms with Crippen LogP contribution in [-0.4, -0.2) is 16.9 Å². The number of carbonyl (C=O) groups excluding carboxylic acids is 1. The Hall–Kier alpha value is -2.42. The summed E-state index contributed by atoms with van der Waals surface area (Å²) >= 11 is 0. The van der Waals surface area contributed by atoms with E-state index < -0.39 is 5.97 Å². The molecular formula is C18H18O3. The molecule has 0 heterocycles. The summed E-state index contributed by atoms with van der Waals surface area (Å²) in [6.07, 6.45) is 3.32. The first-order chi connectivity index (χ1) is 10.1. The SMILES string of the molecule is CCCCc1ccc(C(=O)c2ccc(C(=O)O)cc2)cc1. The molecule has 0 unspecified atom stereocenters. The average Bonchev–Trinajstić information content (AvgIpc) is 2.53. The van der Waals surface area contributed by atoms with Gasteiger partial charge in [-0.05, 0) is 30.5 Å². The molecule has 0 atom stereocenters. The Bertz CT molecular complexity index is 625. The van der Waals surface area contributed by atoms with Crippen LogP contribution in [0.25, 0.3) is 0 Å². The highest BCUT2D eigenvalue weighted by Gasteiger charge is 2.10. The van der Waals surface area contributed by atoms with E-state index in [-0.39, 0.29) is 11.3 Å². The molecule has 0 amide bonds. The van der Waals surface area contributed by atoms with Gasteiger partial charge in [0.05, 0.1) is 5.56 Å². The molecule has 0 aliphatic heterocycles. The summed E-state index contributed by atoms with van der Waals surface area (Å²) < 4.78 is 0. The summed E-state index contributed by atoms with van der Waals surface area (Å²) in [7, 11) is 0. The highest BCUT2D eigenvalue weighted by molar-refractivity contribution is 6.09. The van der Waals surface area contributed by atoms with Crippen LogP contribution in [0, 0.1) is 0 Å². The molecule has 0 fully saturated rings. The average molecular weight is 282 g/mol. The van der Waals surface area contributed by atoms with Crippen molar-refractivity contribution in [1.29, 1.82) is 0 Å². The molecule has 2 aromatic rings. The number of carbonyl (C=O) groups is 2. The Morgan fingerprint density at radius 1 is 0.857 bits per heavy atom. The van der Waals surface area contributed by atoms with E-state index in [2.05, 4.69) is 6.92 Å². The number of aryl methyl sites for hydroxylation is 1. The summed E-state index contributed by atoms with van der Waals surface area (Å²) in [5, 5.41) is 8.85. The minimum atomic E-state index is -0.991. The van der Waals surface area contributed by atoms with Crippen molar-refractivity contribution in [2.75, 3.05) is 0 Å². The molecule has 21 heavy (non-hydrogen) atoms. The van der Waals surface area contributed by atoms with Crippen LogP contribution in [0.5, 0.6) is 0 Å². The van der Waals surface area contributed by atoms with Crippen molar-refractivity contribution in [3.63, 3.8) is 0 Å². The summed E-state index contributed by atoms with van der Waals surface area (Å²) in [6, 6.07) is 13.6. The molecule has 0 saturated heterocycles. The number of unbranched alkanes of at least 4 members (excludes halogenated alkanes) is 1. The van der Waals surface area contributed by atoms with Gasteiger partial charge in [-0.15, -0.1) is 0 Å². The lowest BCUT2D eigenvalue weighted by Crippen LogP contribution is -2.03. The van der Waals surface area contributed by atoms with E-state index in [1.54, 1.807) is 12.1 Å². The number of carboxylic acid groups (broad SMARTS) is 1. The Kier molecular flexibility index (Phi) is 4.88. The Balaban J connectivity index is 2.13. The monoisotopic (exact) mass is 282 g/mol. The van der Waals surface area contributed by atoms with Crippen LogP contribution in [0.2, 0.25) is 0 Å². The molecule has 0 saturated carbocycles. The van der Waals surface area contributed by atoms with Gasteiger partial charge in [0.2, 0.25) is 0 Å². The third kappa shape index (κ3) is 3.78. The molecule has 0 radical (unpaired) electrons. The lowest BCUT2D eigenvalue weighted by molar-refractivity contribution is 0.0696. The van der Waals surface area contributed by atoms with Crippen molar-refractivity contribution >= 4 is 11.8 Å². The van der Waals surface area contributed by atoms with Crippen molar-refractivity contribution in [3.05, 3.63) is 70.8 Å². The Morgan fingerprint density at radius 2 is 1.33 bits per heavy atom. The maximum absolute atomic E-state index is 12.3. The van der Waals surface area contributed by atoms with Crippen molar-refractivity contribution in [2.24, 2.45) is 0 Å². The number of hydrogen-bond donors (Lipinski definition) is 1. The minimum absolute atomic E-state index is 0.0889. The number of ketones is 1. The zero-order chi connectivity index (χ0) is 15.2. The van der Waals surface area contributed by atoms with Crippen molar-refractivity contribution in [2.45, 2.75) is 26.2 Å². The van der Waals surface area contributed by atoms with E-state index >= 15 is 0 Å². The van der Waals surface area contributed by atoms with E-state index in [4.69, 9.17) is 5.11 Å². The molecule has 0 aliphatic rings. The van der Waals surface area contributed by atoms with Crippen LogP contribution in [0.3, 0.4) is 0 Å².